The molecule has 4 heteroatoms. The molecule has 4 nitrogen and oxygen atoms in total. The van der Waals surface area contributed by atoms with E-state index >= 15 is 0 Å². The molecule has 0 radical (unpaired) electrons. The van der Waals surface area contributed by atoms with Gasteiger partial charge in [0.25, 0.3) is 0 Å². The molecule has 0 bridgehead atoms. The second-order valence-electron chi connectivity index (χ2n) is 4.35. The Morgan fingerprint density at radius 3 is 2.47 bits per heavy atom. The number of nitrogens with zero attached hydrogens (tertiary/aromatic N) is 1. The molecular formula is C11H17N3O. The van der Waals surface area contributed by atoms with E-state index in [2.05, 4.69) is 10.3 Å². The van der Waals surface area contributed by atoms with Crippen LogP contribution in [-0.2, 0) is 4.79 Å². The predicted molar refractivity (Wildman–Crippen MR) is 60.6 cm³/mol. The van der Waals surface area contributed by atoms with Gasteiger partial charge in [0, 0.05) is 5.69 Å². The van der Waals surface area contributed by atoms with Crippen LogP contribution in [0.2, 0.25) is 0 Å². The quantitative estimate of drug-likeness (QED) is 0.769. The number of pyridine rings is 1. The van der Waals surface area contributed by atoms with Crippen molar-refractivity contribution in [3.05, 3.63) is 23.4 Å². The lowest BCUT2D eigenvalue weighted by molar-refractivity contribution is -0.120. The minimum absolute atomic E-state index is 0.236. The fourth-order valence-electron chi connectivity index (χ4n) is 1.18. The van der Waals surface area contributed by atoms with Crippen molar-refractivity contribution in [3.63, 3.8) is 0 Å². The first-order valence-electron chi connectivity index (χ1n) is 4.84. The maximum atomic E-state index is 11.6. The normalized spacial score (nSPS) is 11.3. The van der Waals surface area contributed by atoms with Gasteiger partial charge in [-0.2, -0.15) is 0 Å². The number of hydrogen-bond donors (Lipinski definition) is 2. The van der Waals surface area contributed by atoms with Crippen molar-refractivity contribution in [2.45, 2.75) is 33.2 Å². The molecule has 0 aliphatic rings. The van der Waals surface area contributed by atoms with Gasteiger partial charge in [-0.15, -0.1) is 0 Å². The molecule has 0 unspecified atom stereocenters. The molecule has 82 valence electrons. The number of carbonyl (C=O) groups is 1. The summed E-state index contributed by atoms with van der Waals surface area (Å²) in [6.07, 6.45) is 0. The van der Waals surface area contributed by atoms with E-state index in [0.29, 0.717) is 5.82 Å². The molecule has 15 heavy (non-hydrogen) atoms. The third-order valence-electron chi connectivity index (χ3n) is 1.92. The molecule has 3 N–H and O–H groups in total. The van der Waals surface area contributed by atoms with E-state index in [1.807, 2.05) is 26.0 Å². The highest BCUT2D eigenvalue weighted by Gasteiger charge is 2.22. The molecule has 0 saturated carbocycles. The maximum absolute atomic E-state index is 11.6. The van der Waals surface area contributed by atoms with Gasteiger partial charge in [0.2, 0.25) is 5.91 Å². The van der Waals surface area contributed by atoms with Crippen LogP contribution >= 0.6 is 0 Å². The van der Waals surface area contributed by atoms with E-state index in [0.717, 1.165) is 11.3 Å². The van der Waals surface area contributed by atoms with Crippen molar-refractivity contribution in [2.75, 3.05) is 5.32 Å². The number of aromatic nitrogens is 1. The van der Waals surface area contributed by atoms with Crippen LogP contribution in [0.4, 0.5) is 5.82 Å². The third-order valence-corrected chi connectivity index (χ3v) is 1.92. The Hall–Kier alpha value is -1.42. The number of nitrogens with one attached hydrogen (secondary N) is 1. The van der Waals surface area contributed by atoms with Crippen LogP contribution in [0.3, 0.4) is 0 Å². The van der Waals surface area contributed by atoms with Gasteiger partial charge in [-0.1, -0.05) is 0 Å². The fraction of sp³-hybridized carbons (Fsp3) is 0.455. The highest BCUT2D eigenvalue weighted by molar-refractivity contribution is 5.96. The van der Waals surface area contributed by atoms with Crippen LogP contribution in [-0.4, -0.2) is 16.4 Å². The van der Waals surface area contributed by atoms with Gasteiger partial charge >= 0.3 is 0 Å². The van der Waals surface area contributed by atoms with E-state index in [1.54, 1.807) is 13.8 Å². The van der Waals surface area contributed by atoms with Crippen molar-refractivity contribution < 1.29 is 4.79 Å². The molecule has 0 fully saturated rings. The molecule has 1 rings (SSSR count). The summed E-state index contributed by atoms with van der Waals surface area (Å²) in [5.41, 5.74) is 6.71. The van der Waals surface area contributed by atoms with Crippen LogP contribution in [0.25, 0.3) is 0 Å². The van der Waals surface area contributed by atoms with Gasteiger partial charge in [-0.25, -0.2) is 4.98 Å². The predicted octanol–water partition coefficient (Wildman–Crippen LogP) is 1.37. The number of amides is 1. The van der Waals surface area contributed by atoms with Gasteiger partial charge in [0.05, 0.1) is 5.54 Å². The van der Waals surface area contributed by atoms with E-state index in [1.165, 1.54) is 0 Å². The molecule has 0 saturated heterocycles. The number of hydrogen-bond acceptors (Lipinski definition) is 3. The van der Waals surface area contributed by atoms with Gasteiger partial charge < -0.3 is 11.1 Å². The first-order chi connectivity index (χ1) is 6.79. The fourth-order valence-corrected chi connectivity index (χ4v) is 1.18. The summed E-state index contributed by atoms with van der Waals surface area (Å²) in [4.78, 5) is 15.8. The summed E-state index contributed by atoms with van der Waals surface area (Å²) in [7, 11) is 0. The van der Waals surface area contributed by atoms with E-state index in [4.69, 9.17) is 5.73 Å². The molecule has 1 amide bonds. The molecule has 0 aromatic carbocycles. The molecule has 0 atom stereocenters. The zero-order chi connectivity index (χ0) is 11.6. The third kappa shape index (κ3) is 3.32. The summed E-state index contributed by atoms with van der Waals surface area (Å²) < 4.78 is 0. The van der Waals surface area contributed by atoms with Crippen LogP contribution in [0, 0.1) is 13.8 Å². The number of anilines is 1. The second-order valence-corrected chi connectivity index (χ2v) is 4.35. The van der Waals surface area contributed by atoms with E-state index in [-0.39, 0.29) is 5.91 Å². The monoisotopic (exact) mass is 207 g/mol. The van der Waals surface area contributed by atoms with Gasteiger partial charge in [-0.3, -0.25) is 4.79 Å². The number of carbonyl (C=O) groups excluding carboxylic acids is 1. The van der Waals surface area contributed by atoms with Gasteiger partial charge in [0.15, 0.2) is 0 Å². The van der Waals surface area contributed by atoms with Crippen LogP contribution < -0.4 is 11.1 Å². The molecule has 0 spiro atoms. The average Bonchev–Trinajstić information content (AvgIpc) is 1.99. The SMILES string of the molecule is Cc1cc(C)nc(NC(=O)C(C)(C)N)c1. The Kier molecular flexibility index (Phi) is 3.09. The smallest absolute Gasteiger partial charge is 0.245 e. The molecule has 1 aromatic rings. The van der Waals surface area contributed by atoms with Crippen molar-refractivity contribution in [2.24, 2.45) is 5.73 Å². The van der Waals surface area contributed by atoms with Crippen molar-refractivity contribution in [1.29, 1.82) is 0 Å². The second kappa shape index (κ2) is 3.98. The maximum Gasteiger partial charge on any atom is 0.245 e. The Labute approximate surface area is 89.9 Å². The topological polar surface area (TPSA) is 68.0 Å². The summed E-state index contributed by atoms with van der Waals surface area (Å²) in [5, 5.41) is 2.69. The Morgan fingerprint density at radius 2 is 2.00 bits per heavy atom. The molecule has 1 aromatic heterocycles. The summed E-state index contributed by atoms with van der Waals surface area (Å²) in [5.74, 6) is 0.316. The highest BCUT2D eigenvalue weighted by atomic mass is 16.2. The summed E-state index contributed by atoms with van der Waals surface area (Å²) in [6, 6.07) is 3.76. The molecular weight excluding hydrogens is 190 g/mol. The zero-order valence-electron chi connectivity index (χ0n) is 9.59. The lowest BCUT2D eigenvalue weighted by Crippen LogP contribution is -2.45. The largest absolute Gasteiger partial charge is 0.318 e. The number of nitrogens with two attached hydrogens (primary N) is 1. The molecule has 1 heterocycles. The van der Waals surface area contributed by atoms with Crippen LogP contribution in [0.15, 0.2) is 12.1 Å². The Bertz CT molecular complexity index is 360. The number of rotatable bonds is 2. The van der Waals surface area contributed by atoms with Gasteiger partial charge in [-0.05, 0) is 45.4 Å². The molecule has 0 aliphatic heterocycles. The minimum atomic E-state index is -0.890. The van der Waals surface area contributed by atoms with E-state index < -0.39 is 5.54 Å². The first kappa shape index (κ1) is 11.7. The molecule has 0 aliphatic carbocycles. The minimum Gasteiger partial charge on any atom is -0.318 e. The lowest BCUT2D eigenvalue weighted by Gasteiger charge is -2.17. The Morgan fingerprint density at radius 1 is 1.40 bits per heavy atom. The van der Waals surface area contributed by atoms with Gasteiger partial charge in [0.1, 0.15) is 5.82 Å². The lowest BCUT2D eigenvalue weighted by atomic mass is 10.1. The average molecular weight is 207 g/mol. The van der Waals surface area contributed by atoms with Crippen LogP contribution in [0.1, 0.15) is 25.1 Å². The zero-order valence-corrected chi connectivity index (χ0v) is 9.59. The summed E-state index contributed by atoms with van der Waals surface area (Å²) in [6.45, 7) is 7.16. The van der Waals surface area contributed by atoms with E-state index in [9.17, 15) is 4.79 Å². The Balaban J connectivity index is 2.86. The first-order valence-corrected chi connectivity index (χ1v) is 4.84. The standard InChI is InChI=1S/C11H17N3O/c1-7-5-8(2)13-9(6-7)14-10(15)11(3,4)12/h5-6H,12H2,1-4H3,(H,13,14,15). The van der Waals surface area contributed by atoms with Crippen molar-refractivity contribution >= 4 is 11.7 Å². The van der Waals surface area contributed by atoms with Crippen molar-refractivity contribution in [1.82, 2.24) is 4.98 Å². The summed E-state index contributed by atoms with van der Waals surface area (Å²) >= 11 is 0. The van der Waals surface area contributed by atoms with Crippen LogP contribution in [0.5, 0.6) is 0 Å². The highest BCUT2D eigenvalue weighted by Crippen LogP contribution is 2.10. The van der Waals surface area contributed by atoms with Crippen molar-refractivity contribution in [3.8, 4) is 0 Å². The number of aryl methyl sites for hydroxylation is 2.